The Kier molecular flexibility index (Phi) is 11.1. The van der Waals surface area contributed by atoms with Crippen LogP contribution in [0.15, 0.2) is 195 Å². The van der Waals surface area contributed by atoms with Crippen LogP contribution in [0, 0.1) is 10.2 Å². The van der Waals surface area contributed by atoms with E-state index in [1.807, 2.05) is 24.5 Å². The molecule has 8 bridgehead atoms. The van der Waals surface area contributed by atoms with E-state index in [0.717, 1.165) is 106 Å². The molecule has 2 aliphatic rings. The van der Waals surface area contributed by atoms with E-state index in [2.05, 4.69) is 208 Å². The largest absolute Gasteiger partial charge is 0.354 e. The number of aromatic amines is 2. The fourth-order valence-corrected chi connectivity index (χ4v) is 8.42. The molecule has 0 saturated carbocycles. The lowest BCUT2D eigenvalue weighted by Crippen LogP contribution is -2.68. The van der Waals surface area contributed by atoms with E-state index in [1.165, 1.54) is 0 Å². The molecule has 0 saturated heterocycles. The van der Waals surface area contributed by atoms with Crippen LogP contribution in [0.3, 0.4) is 0 Å². The lowest BCUT2D eigenvalue weighted by molar-refractivity contribution is -2.00. The molecule has 5 aromatic heterocycles. The monoisotopic (exact) mass is 868 g/mol. The van der Waals surface area contributed by atoms with E-state index in [4.69, 9.17) is 28.6 Å². The zero-order valence-corrected chi connectivity index (χ0v) is 35.3. The highest BCUT2D eigenvalue weighted by Crippen LogP contribution is 2.39. The van der Waals surface area contributed by atoms with Crippen molar-refractivity contribution in [3.63, 3.8) is 0 Å². The number of nitrogens with one attached hydrogen (secondary N) is 2. The van der Waals surface area contributed by atoms with E-state index in [0.29, 0.717) is 0 Å². The molecule has 0 amide bonds. The summed E-state index contributed by atoms with van der Waals surface area (Å²) in [5, 5.41) is 0. The summed E-state index contributed by atoms with van der Waals surface area (Å²) in [6.45, 7) is 0. The van der Waals surface area contributed by atoms with Crippen molar-refractivity contribution in [2.45, 2.75) is 0 Å². The van der Waals surface area contributed by atoms with Crippen LogP contribution in [-0.2, 0) is 0 Å². The zero-order chi connectivity index (χ0) is 44.3. The summed E-state index contributed by atoms with van der Waals surface area (Å²) in [6, 6.07) is 59.2. The summed E-state index contributed by atoms with van der Waals surface area (Å²) in [6.07, 6.45) is 14.4. The Labute approximate surface area is 375 Å². The summed E-state index contributed by atoms with van der Waals surface area (Å²) >= 11 is 0. The third-order valence-electron chi connectivity index (χ3n) is 11.2. The number of pyridine rings is 2. The minimum atomic E-state index is -4.94. The van der Waals surface area contributed by atoms with Gasteiger partial charge in [-0.15, -0.1) is 10.2 Å². The fraction of sp³-hybridized carbons (Fsp3) is 0. The summed E-state index contributed by atoms with van der Waals surface area (Å²) < 4.78 is 36.2. The molecule has 9 aromatic rings. The van der Waals surface area contributed by atoms with Crippen molar-refractivity contribution in [3.8, 4) is 55.6 Å². The summed E-state index contributed by atoms with van der Waals surface area (Å²) in [7, 11) is -4.94. The molecule has 11 heteroatoms. The van der Waals surface area contributed by atoms with Gasteiger partial charge in [0.05, 0.1) is 17.1 Å². The Morgan fingerprint density at radius 1 is 0.385 bits per heavy atom. The molecule has 0 fully saturated rings. The normalized spacial score (nSPS) is 12.0. The summed E-state index contributed by atoms with van der Waals surface area (Å²) in [5.41, 5.74) is 18.8. The van der Waals surface area contributed by atoms with Gasteiger partial charge < -0.3 is 9.97 Å². The van der Waals surface area contributed by atoms with Gasteiger partial charge in [0.25, 0.3) is 0 Å². The van der Waals surface area contributed by atoms with Crippen molar-refractivity contribution >= 4 is 46.0 Å². The second-order valence-electron chi connectivity index (χ2n) is 15.2. The topological polar surface area (TPSA) is 166 Å². The molecule has 65 heavy (non-hydrogen) atoms. The van der Waals surface area contributed by atoms with Crippen molar-refractivity contribution < 1.29 is 33.4 Å². The predicted molar refractivity (Wildman–Crippen MR) is 245 cm³/mol. The molecule has 0 spiro atoms. The van der Waals surface area contributed by atoms with Gasteiger partial charge in [-0.25, -0.2) is 28.6 Å². The van der Waals surface area contributed by atoms with E-state index in [1.54, 1.807) is 0 Å². The maximum Gasteiger partial charge on any atom is 0.239 e. The molecule has 2 aliphatic heterocycles. The number of benzene rings is 4. The average Bonchev–Trinajstić information content (AvgIpc) is 4.18. The maximum atomic E-state index is 8.49. The first-order valence-corrected chi connectivity index (χ1v) is 21.9. The highest BCUT2D eigenvalue weighted by molar-refractivity contribution is 6.00. The number of rotatable bonds is 6. The molecule has 7 heterocycles. The van der Waals surface area contributed by atoms with Crippen molar-refractivity contribution in [1.82, 2.24) is 24.9 Å². The lowest BCUT2D eigenvalue weighted by Gasteiger charge is -2.17. The van der Waals surface area contributed by atoms with Gasteiger partial charge in [0.2, 0.25) is 5.70 Å². The third kappa shape index (κ3) is 8.67. The SMILES string of the molecule is C1=Cc2nc1c(-c1ccccc1)c1ccc([nH]1)c(-c1ccccc1)c1nc(c(-c3ccccc3)c3ccc([nH]3)c2-c2ccccc2)C([n+]2ccc(-c3ccncc3)cc2)=C1.[O-][Cl+3]([O-])([O-])[O-]. The van der Waals surface area contributed by atoms with Crippen molar-refractivity contribution in [2.24, 2.45) is 0 Å². The van der Waals surface area contributed by atoms with E-state index in [-0.39, 0.29) is 0 Å². The Morgan fingerprint density at radius 2 is 0.754 bits per heavy atom. The highest BCUT2D eigenvalue weighted by Gasteiger charge is 2.28. The van der Waals surface area contributed by atoms with Gasteiger partial charge in [0.15, 0.2) is 12.4 Å². The minimum absolute atomic E-state index is 0.851. The highest BCUT2D eigenvalue weighted by atomic mass is 35.7. The van der Waals surface area contributed by atoms with E-state index in [9.17, 15) is 0 Å². The van der Waals surface area contributed by atoms with Crippen molar-refractivity contribution in [1.29, 1.82) is 0 Å². The fourth-order valence-electron chi connectivity index (χ4n) is 8.42. The lowest BCUT2D eigenvalue weighted by atomic mass is 10.0. The third-order valence-corrected chi connectivity index (χ3v) is 11.2. The molecule has 0 atom stereocenters. The summed E-state index contributed by atoms with van der Waals surface area (Å²) in [4.78, 5) is 23.1. The van der Waals surface area contributed by atoms with Crippen LogP contribution in [0.4, 0.5) is 0 Å². The Morgan fingerprint density at radius 3 is 1.18 bits per heavy atom. The predicted octanol–water partition coefficient (Wildman–Crippen LogP) is 7.79. The van der Waals surface area contributed by atoms with E-state index >= 15 is 0 Å². The van der Waals surface area contributed by atoms with Crippen molar-refractivity contribution in [3.05, 3.63) is 217 Å². The number of halogens is 1. The molecule has 0 radical (unpaired) electrons. The first-order chi connectivity index (χ1) is 31.7. The number of hydrogen-bond donors (Lipinski definition) is 2. The minimum Gasteiger partial charge on any atom is -0.354 e. The Hall–Kier alpha value is -8.09. The number of hydrogen-bond acceptors (Lipinski definition) is 7. The van der Waals surface area contributed by atoms with Crippen LogP contribution in [0.5, 0.6) is 0 Å². The zero-order valence-electron chi connectivity index (χ0n) is 34.5. The quantitative estimate of drug-likeness (QED) is 0.161. The first kappa shape index (κ1) is 41.0. The molecule has 0 unspecified atom stereocenters. The first-order valence-electron chi connectivity index (χ1n) is 20.7. The maximum absolute atomic E-state index is 8.49. The smallest absolute Gasteiger partial charge is 0.239 e. The van der Waals surface area contributed by atoms with Gasteiger partial charge in [-0.2, -0.15) is 4.57 Å². The second-order valence-corrected chi connectivity index (χ2v) is 16.0. The molecule has 2 N–H and O–H groups in total. The molecular formula is C54H37ClN6O4. The Balaban J connectivity index is 0.000000946. The van der Waals surface area contributed by atoms with Crippen LogP contribution in [-0.4, -0.2) is 24.9 Å². The van der Waals surface area contributed by atoms with Gasteiger partial charge in [0.1, 0.15) is 5.69 Å². The number of fused-ring (bicyclic) bond motifs is 8. The van der Waals surface area contributed by atoms with Crippen LogP contribution < -0.4 is 23.2 Å². The number of aromatic nitrogens is 6. The average molecular weight is 869 g/mol. The van der Waals surface area contributed by atoms with Gasteiger partial charge in [-0.1, -0.05) is 121 Å². The van der Waals surface area contributed by atoms with Gasteiger partial charge in [-0.3, -0.25) is 4.98 Å². The Bertz CT molecular complexity index is 3380. The number of nitrogens with zero attached hydrogens (tertiary/aromatic N) is 4. The molecule has 314 valence electrons. The van der Waals surface area contributed by atoms with Gasteiger partial charge in [0, 0.05) is 74.9 Å². The van der Waals surface area contributed by atoms with Crippen LogP contribution in [0.2, 0.25) is 0 Å². The molecule has 11 rings (SSSR count). The van der Waals surface area contributed by atoms with E-state index < -0.39 is 10.2 Å². The second kappa shape index (κ2) is 17.6. The van der Waals surface area contributed by atoms with Crippen molar-refractivity contribution in [2.75, 3.05) is 0 Å². The molecule has 10 nitrogen and oxygen atoms in total. The van der Waals surface area contributed by atoms with Crippen LogP contribution in [0.25, 0.3) is 102 Å². The van der Waals surface area contributed by atoms with Gasteiger partial charge >= 0.3 is 0 Å². The number of H-pyrrole nitrogens is 2. The molecule has 0 aliphatic carbocycles. The summed E-state index contributed by atoms with van der Waals surface area (Å²) in [5.74, 6) is 0. The van der Waals surface area contributed by atoms with Crippen LogP contribution >= 0.6 is 0 Å². The van der Waals surface area contributed by atoms with Gasteiger partial charge in [-0.05, 0) is 81.9 Å². The molecular weight excluding hydrogens is 832 g/mol. The van der Waals surface area contributed by atoms with Crippen LogP contribution in [0.1, 0.15) is 22.8 Å². The standard InChI is InChI=1S/C54H36N6.ClHO4/c1-5-13-38(14-6-1)50-42-21-22-43(56-42)51(39-15-7-2-8-16-39)45-25-26-47(58-45)53(41-19-11-4-12-20-41)54-49(60-33-29-37(30-34-60)36-27-31-55-32-28-36)35-48(59-54)52(40-17-9-3-10-18-40)46-24-23-44(50)57-46;2-1(3,4)5/h1-35,55H;(H,2,3,4,5). The molecule has 4 aromatic carbocycles.